The second kappa shape index (κ2) is 5.35. The second-order valence-corrected chi connectivity index (χ2v) is 3.83. The largest absolute Gasteiger partial charge is 0.496 e. The van der Waals surface area contributed by atoms with Gasteiger partial charge in [0.05, 0.1) is 13.2 Å². The molecular formula is C11H16ClNO2. The van der Waals surface area contributed by atoms with Crippen LogP contribution >= 0.6 is 11.6 Å². The summed E-state index contributed by atoms with van der Waals surface area (Å²) >= 11 is 5.93. The van der Waals surface area contributed by atoms with Gasteiger partial charge in [-0.2, -0.15) is 0 Å². The third kappa shape index (κ3) is 2.84. The van der Waals surface area contributed by atoms with Gasteiger partial charge in [-0.05, 0) is 37.2 Å². The number of ether oxygens (including phenoxy) is 1. The summed E-state index contributed by atoms with van der Waals surface area (Å²) in [6.45, 7) is 2.40. The molecule has 0 aliphatic carbocycles. The quantitative estimate of drug-likeness (QED) is 0.829. The van der Waals surface area contributed by atoms with Crippen molar-refractivity contribution < 1.29 is 9.84 Å². The van der Waals surface area contributed by atoms with Gasteiger partial charge >= 0.3 is 0 Å². The van der Waals surface area contributed by atoms with Gasteiger partial charge in [0, 0.05) is 11.6 Å². The molecule has 1 rings (SSSR count). The van der Waals surface area contributed by atoms with Crippen molar-refractivity contribution in [3.63, 3.8) is 0 Å². The minimum Gasteiger partial charge on any atom is -0.496 e. The zero-order valence-corrected chi connectivity index (χ0v) is 9.93. The van der Waals surface area contributed by atoms with Gasteiger partial charge in [-0.1, -0.05) is 11.6 Å². The molecule has 1 aromatic rings. The van der Waals surface area contributed by atoms with Crippen LogP contribution in [0, 0.1) is 6.92 Å². The molecule has 2 N–H and O–H groups in total. The van der Waals surface area contributed by atoms with Crippen LogP contribution < -0.4 is 10.1 Å². The van der Waals surface area contributed by atoms with E-state index in [-0.39, 0.29) is 0 Å². The highest BCUT2D eigenvalue weighted by Crippen LogP contribution is 2.30. The van der Waals surface area contributed by atoms with Gasteiger partial charge in [0.1, 0.15) is 5.75 Å². The standard InChI is InChI=1S/C11H16ClNO2/c1-7-9(10(14)6-13-2)4-8(12)5-11(7)15-3/h4-5,10,13-14H,6H2,1-3H3. The summed E-state index contributed by atoms with van der Waals surface area (Å²) in [5.41, 5.74) is 1.72. The lowest BCUT2D eigenvalue weighted by Gasteiger charge is -2.16. The van der Waals surface area contributed by atoms with Gasteiger partial charge in [0.2, 0.25) is 0 Å². The van der Waals surface area contributed by atoms with Gasteiger partial charge < -0.3 is 15.2 Å². The summed E-state index contributed by atoms with van der Waals surface area (Å²) in [6.07, 6.45) is -0.567. The minimum atomic E-state index is -0.567. The van der Waals surface area contributed by atoms with Crippen molar-refractivity contribution in [3.05, 3.63) is 28.3 Å². The number of aliphatic hydroxyl groups excluding tert-OH is 1. The number of rotatable bonds is 4. The van der Waals surface area contributed by atoms with E-state index < -0.39 is 6.10 Å². The molecule has 3 nitrogen and oxygen atoms in total. The van der Waals surface area contributed by atoms with Gasteiger partial charge in [-0.15, -0.1) is 0 Å². The predicted octanol–water partition coefficient (Wildman–Crippen LogP) is 1.91. The predicted molar refractivity (Wildman–Crippen MR) is 61.6 cm³/mol. The van der Waals surface area contributed by atoms with E-state index in [1.54, 1.807) is 26.3 Å². The average molecular weight is 230 g/mol. The lowest BCUT2D eigenvalue weighted by atomic mass is 10.0. The Balaban J connectivity index is 3.11. The van der Waals surface area contributed by atoms with Crippen LogP contribution in [0.5, 0.6) is 5.75 Å². The number of halogens is 1. The van der Waals surface area contributed by atoms with Crippen LogP contribution in [0.4, 0.5) is 0 Å². The zero-order valence-electron chi connectivity index (χ0n) is 9.17. The van der Waals surface area contributed by atoms with Crippen molar-refractivity contribution >= 4 is 11.6 Å². The Hall–Kier alpha value is -0.770. The fraction of sp³-hybridized carbons (Fsp3) is 0.455. The summed E-state index contributed by atoms with van der Waals surface area (Å²) in [7, 11) is 3.38. The highest BCUT2D eigenvalue weighted by atomic mass is 35.5. The van der Waals surface area contributed by atoms with E-state index in [0.717, 1.165) is 11.1 Å². The van der Waals surface area contributed by atoms with Gasteiger partial charge in [0.15, 0.2) is 0 Å². The van der Waals surface area contributed by atoms with Gasteiger partial charge in [-0.25, -0.2) is 0 Å². The molecule has 0 bridgehead atoms. The normalized spacial score (nSPS) is 12.6. The molecule has 4 heteroatoms. The molecule has 0 spiro atoms. The monoisotopic (exact) mass is 229 g/mol. The maximum atomic E-state index is 9.87. The third-order valence-electron chi connectivity index (χ3n) is 2.34. The van der Waals surface area contributed by atoms with Crippen LogP contribution in [0.2, 0.25) is 5.02 Å². The summed E-state index contributed by atoms with van der Waals surface area (Å²) in [6, 6.07) is 3.51. The molecule has 15 heavy (non-hydrogen) atoms. The van der Waals surface area contributed by atoms with E-state index >= 15 is 0 Å². The van der Waals surface area contributed by atoms with Crippen LogP contribution in [-0.2, 0) is 0 Å². The molecule has 0 aliphatic heterocycles. The second-order valence-electron chi connectivity index (χ2n) is 3.40. The SMILES string of the molecule is CNCC(O)c1cc(Cl)cc(OC)c1C. The molecule has 0 fully saturated rings. The van der Waals surface area contributed by atoms with Crippen molar-refractivity contribution in [1.29, 1.82) is 0 Å². The Morgan fingerprint density at radius 2 is 2.20 bits per heavy atom. The van der Waals surface area contributed by atoms with E-state index in [2.05, 4.69) is 5.32 Å². The number of hydrogen-bond acceptors (Lipinski definition) is 3. The number of benzene rings is 1. The summed E-state index contributed by atoms with van der Waals surface area (Å²) in [5, 5.41) is 13.4. The van der Waals surface area contributed by atoms with Gasteiger partial charge in [-0.3, -0.25) is 0 Å². The first-order chi connectivity index (χ1) is 7.10. The topological polar surface area (TPSA) is 41.5 Å². The van der Waals surface area contributed by atoms with Crippen molar-refractivity contribution in [2.24, 2.45) is 0 Å². The molecule has 1 unspecified atom stereocenters. The molecule has 0 amide bonds. The molecule has 1 aromatic carbocycles. The maximum Gasteiger partial charge on any atom is 0.123 e. The lowest BCUT2D eigenvalue weighted by Crippen LogP contribution is -2.17. The zero-order chi connectivity index (χ0) is 11.4. The van der Waals surface area contributed by atoms with Crippen LogP contribution in [0.15, 0.2) is 12.1 Å². The molecule has 0 aromatic heterocycles. The average Bonchev–Trinajstić information content (AvgIpc) is 2.21. The first kappa shape index (κ1) is 12.3. The molecular weight excluding hydrogens is 214 g/mol. The smallest absolute Gasteiger partial charge is 0.123 e. The fourth-order valence-corrected chi connectivity index (χ4v) is 1.75. The Morgan fingerprint density at radius 1 is 1.53 bits per heavy atom. The summed E-state index contributed by atoms with van der Waals surface area (Å²) < 4.78 is 5.18. The van der Waals surface area contributed by atoms with E-state index in [0.29, 0.717) is 17.3 Å². The lowest BCUT2D eigenvalue weighted by molar-refractivity contribution is 0.176. The first-order valence-electron chi connectivity index (χ1n) is 4.76. The number of likely N-dealkylation sites (N-methyl/N-ethyl adjacent to an activating group) is 1. The fourth-order valence-electron chi connectivity index (χ4n) is 1.54. The number of aliphatic hydroxyl groups is 1. The van der Waals surface area contributed by atoms with E-state index in [4.69, 9.17) is 16.3 Å². The van der Waals surface area contributed by atoms with Crippen molar-refractivity contribution in [3.8, 4) is 5.75 Å². The van der Waals surface area contributed by atoms with Crippen molar-refractivity contribution in [1.82, 2.24) is 5.32 Å². The highest BCUT2D eigenvalue weighted by molar-refractivity contribution is 6.30. The molecule has 0 aliphatic rings. The molecule has 1 atom stereocenters. The van der Waals surface area contributed by atoms with E-state index in [1.807, 2.05) is 6.92 Å². The van der Waals surface area contributed by atoms with Crippen LogP contribution in [0.1, 0.15) is 17.2 Å². The molecule has 0 saturated carbocycles. The van der Waals surface area contributed by atoms with Crippen molar-refractivity contribution in [2.45, 2.75) is 13.0 Å². The molecule has 0 heterocycles. The van der Waals surface area contributed by atoms with Crippen LogP contribution in [-0.4, -0.2) is 25.8 Å². The van der Waals surface area contributed by atoms with E-state index in [1.165, 1.54) is 0 Å². The van der Waals surface area contributed by atoms with Crippen LogP contribution in [0.3, 0.4) is 0 Å². The Morgan fingerprint density at radius 3 is 2.73 bits per heavy atom. The molecule has 0 radical (unpaired) electrons. The number of methoxy groups -OCH3 is 1. The Kier molecular flexibility index (Phi) is 4.39. The third-order valence-corrected chi connectivity index (χ3v) is 2.56. The maximum absolute atomic E-state index is 9.87. The first-order valence-corrected chi connectivity index (χ1v) is 5.14. The molecule has 0 saturated heterocycles. The van der Waals surface area contributed by atoms with Crippen molar-refractivity contribution in [2.75, 3.05) is 20.7 Å². The van der Waals surface area contributed by atoms with Gasteiger partial charge in [0.25, 0.3) is 0 Å². The molecule has 84 valence electrons. The van der Waals surface area contributed by atoms with E-state index in [9.17, 15) is 5.11 Å². The minimum absolute atomic E-state index is 0.490. The highest BCUT2D eigenvalue weighted by Gasteiger charge is 2.13. The summed E-state index contributed by atoms with van der Waals surface area (Å²) in [5.74, 6) is 0.702. The number of nitrogens with one attached hydrogen (secondary N) is 1. The summed E-state index contributed by atoms with van der Waals surface area (Å²) in [4.78, 5) is 0. The number of hydrogen-bond donors (Lipinski definition) is 2. The van der Waals surface area contributed by atoms with Crippen LogP contribution in [0.25, 0.3) is 0 Å². The Labute approximate surface area is 95.0 Å². The Bertz CT molecular complexity index is 342.